The molecule has 0 aromatic rings. The first-order valence-electron chi connectivity index (χ1n) is 8.76. The Kier molecular flexibility index (Phi) is 5.36. The van der Waals surface area contributed by atoms with E-state index < -0.39 is 5.60 Å². The molecule has 124 valence electrons. The Hall–Kier alpha value is -1.25. The lowest BCUT2D eigenvalue weighted by Crippen LogP contribution is -2.56. The molecule has 1 atom stereocenters. The Balaban J connectivity index is 2.32. The van der Waals surface area contributed by atoms with Crippen LogP contribution in [-0.4, -0.2) is 28.7 Å². The number of allylic oxidation sites excluding steroid dienone is 3. The Labute approximate surface area is 135 Å². The van der Waals surface area contributed by atoms with Gasteiger partial charge in [-0.2, -0.15) is 0 Å². The molecule has 0 N–H and O–H groups in total. The van der Waals surface area contributed by atoms with Crippen LogP contribution in [0.15, 0.2) is 23.8 Å². The van der Waals surface area contributed by atoms with E-state index >= 15 is 0 Å². The van der Waals surface area contributed by atoms with Crippen molar-refractivity contribution in [3.05, 3.63) is 23.8 Å². The van der Waals surface area contributed by atoms with Gasteiger partial charge in [-0.05, 0) is 64.9 Å². The van der Waals surface area contributed by atoms with Crippen LogP contribution in [0.25, 0.3) is 0 Å². The molecule has 0 aromatic carbocycles. The highest BCUT2D eigenvalue weighted by molar-refractivity contribution is 5.70. The normalized spacial score (nSPS) is 25.8. The first-order valence-corrected chi connectivity index (χ1v) is 8.76. The molecule has 1 aliphatic heterocycles. The second-order valence-corrected chi connectivity index (χ2v) is 7.53. The molecular formula is C19H31NO2. The highest BCUT2D eigenvalue weighted by Gasteiger charge is 2.44. The number of hydrogen-bond donors (Lipinski definition) is 0. The van der Waals surface area contributed by atoms with Gasteiger partial charge in [0.05, 0.1) is 5.54 Å². The number of ether oxygens (including phenoxy) is 1. The summed E-state index contributed by atoms with van der Waals surface area (Å²) in [6.45, 7) is 8.86. The molecule has 2 aliphatic rings. The van der Waals surface area contributed by atoms with Gasteiger partial charge < -0.3 is 4.74 Å². The van der Waals surface area contributed by atoms with E-state index in [0.29, 0.717) is 0 Å². The van der Waals surface area contributed by atoms with Crippen LogP contribution in [0.4, 0.5) is 4.79 Å². The van der Waals surface area contributed by atoms with Crippen LogP contribution in [-0.2, 0) is 4.74 Å². The molecule has 1 unspecified atom stereocenters. The van der Waals surface area contributed by atoms with Gasteiger partial charge in [0.2, 0.25) is 0 Å². The van der Waals surface area contributed by atoms with Crippen LogP contribution >= 0.6 is 0 Å². The van der Waals surface area contributed by atoms with E-state index in [2.05, 4.69) is 25.2 Å². The van der Waals surface area contributed by atoms with Crippen molar-refractivity contribution in [2.75, 3.05) is 6.54 Å². The Morgan fingerprint density at radius 3 is 2.73 bits per heavy atom. The zero-order chi connectivity index (χ0) is 16.2. The Bertz CT molecular complexity index is 455. The minimum Gasteiger partial charge on any atom is -0.444 e. The summed E-state index contributed by atoms with van der Waals surface area (Å²) in [5.41, 5.74) is 0.857. The number of likely N-dealkylation sites (tertiary alicyclic amines) is 1. The molecule has 0 saturated carbocycles. The topological polar surface area (TPSA) is 29.5 Å². The molecule has 2 rings (SSSR count). The Morgan fingerprint density at radius 1 is 1.36 bits per heavy atom. The molecule has 22 heavy (non-hydrogen) atoms. The van der Waals surface area contributed by atoms with Crippen molar-refractivity contribution >= 4 is 6.09 Å². The molecule has 3 heteroatoms. The SMILES string of the molecule is CCCC1(C2=CC=CCC2)CCCCN1C(=O)OC(C)(C)C. The van der Waals surface area contributed by atoms with Gasteiger partial charge in [-0.25, -0.2) is 4.79 Å². The smallest absolute Gasteiger partial charge is 0.411 e. The molecule has 1 amide bonds. The van der Waals surface area contributed by atoms with Crippen LogP contribution in [0, 0.1) is 0 Å². The van der Waals surface area contributed by atoms with Crippen molar-refractivity contribution in [3.8, 4) is 0 Å². The predicted molar refractivity (Wildman–Crippen MR) is 90.9 cm³/mol. The summed E-state index contributed by atoms with van der Waals surface area (Å²) < 4.78 is 5.71. The average molecular weight is 305 g/mol. The van der Waals surface area contributed by atoms with Crippen LogP contribution in [0.2, 0.25) is 0 Å². The molecule has 1 aliphatic carbocycles. The molecule has 3 nitrogen and oxygen atoms in total. The fourth-order valence-electron chi connectivity index (χ4n) is 3.78. The number of piperidine rings is 1. The van der Waals surface area contributed by atoms with Crippen molar-refractivity contribution in [2.45, 2.75) is 83.8 Å². The fourth-order valence-corrected chi connectivity index (χ4v) is 3.78. The summed E-state index contributed by atoms with van der Waals surface area (Å²) in [4.78, 5) is 14.8. The number of nitrogens with zero attached hydrogens (tertiary/aromatic N) is 1. The molecular weight excluding hydrogens is 274 g/mol. The molecule has 0 aromatic heterocycles. The standard InChI is InChI=1S/C19H31NO2/c1-5-13-19(16-11-7-6-8-12-16)14-9-10-15-20(19)17(21)22-18(2,3)4/h6-7,11H,5,8-10,12-15H2,1-4H3. The zero-order valence-corrected chi connectivity index (χ0v) is 14.7. The van der Waals surface area contributed by atoms with Gasteiger partial charge in [0.25, 0.3) is 0 Å². The third-order valence-corrected chi connectivity index (χ3v) is 4.63. The number of carbonyl (C=O) groups excluding carboxylic acids is 1. The fraction of sp³-hybridized carbons (Fsp3) is 0.737. The number of amides is 1. The highest BCUT2D eigenvalue weighted by atomic mass is 16.6. The van der Waals surface area contributed by atoms with Crippen LogP contribution in [0.3, 0.4) is 0 Å². The summed E-state index contributed by atoms with van der Waals surface area (Å²) >= 11 is 0. The lowest BCUT2D eigenvalue weighted by molar-refractivity contribution is -0.00952. The monoisotopic (exact) mass is 305 g/mol. The highest BCUT2D eigenvalue weighted by Crippen LogP contribution is 2.42. The maximum atomic E-state index is 12.8. The van der Waals surface area contributed by atoms with E-state index in [0.717, 1.165) is 45.1 Å². The van der Waals surface area contributed by atoms with E-state index in [9.17, 15) is 4.79 Å². The third-order valence-electron chi connectivity index (χ3n) is 4.63. The Morgan fingerprint density at radius 2 is 2.14 bits per heavy atom. The average Bonchev–Trinajstić information content (AvgIpc) is 2.47. The molecule has 1 fully saturated rings. The van der Waals surface area contributed by atoms with Gasteiger partial charge in [0.1, 0.15) is 5.60 Å². The van der Waals surface area contributed by atoms with E-state index in [1.807, 2.05) is 25.7 Å². The first-order chi connectivity index (χ1) is 10.4. The lowest BCUT2D eigenvalue weighted by Gasteiger charge is -2.49. The first kappa shape index (κ1) is 17.1. The van der Waals surface area contributed by atoms with E-state index in [1.54, 1.807) is 0 Å². The second-order valence-electron chi connectivity index (χ2n) is 7.53. The summed E-state index contributed by atoms with van der Waals surface area (Å²) in [5, 5.41) is 0. The predicted octanol–water partition coefficient (Wildman–Crippen LogP) is 5.22. The van der Waals surface area contributed by atoms with E-state index in [1.165, 1.54) is 12.0 Å². The van der Waals surface area contributed by atoms with Crippen molar-refractivity contribution < 1.29 is 9.53 Å². The zero-order valence-electron chi connectivity index (χ0n) is 14.7. The number of carbonyl (C=O) groups is 1. The van der Waals surface area contributed by atoms with Gasteiger partial charge in [0.15, 0.2) is 0 Å². The maximum Gasteiger partial charge on any atom is 0.411 e. The number of hydrogen-bond acceptors (Lipinski definition) is 2. The second kappa shape index (κ2) is 6.89. The summed E-state index contributed by atoms with van der Waals surface area (Å²) in [5.74, 6) is 0. The quantitative estimate of drug-likeness (QED) is 0.715. The molecule has 1 heterocycles. The summed E-state index contributed by atoms with van der Waals surface area (Å²) in [6, 6.07) is 0. The van der Waals surface area contributed by atoms with Crippen molar-refractivity contribution in [2.24, 2.45) is 0 Å². The molecule has 0 radical (unpaired) electrons. The van der Waals surface area contributed by atoms with Crippen molar-refractivity contribution in [1.82, 2.24) is 4.90 Å². The van der Waals surface area contributed by atoms with Gasteiger partial charge >= 0.3 is 6.09 Å². The van der Waals surface area contributed by atoms with Crippen LogP contribution in [0.1, 0.15) is 72.6 Å². The molecule has 0 bridgehead atoms. The van der Waals surface area contributed by atoms with E-state index in [4.69, 9.17) is 4.74 Å². The summed E-state index contributed by atoms with van der Waals surface area (Å²) in [7, 11) is 0. The van der Waals surface area contributed by atoms with Crippen molar-refractivity contribution in [3.63, 3.8) is 0 Å². The lowest BCUT2D eigenvalue weighted by atomic mass is 9.74. The largest absolute Gasteiger partial charge is 0.444 e. The van der Waals surface area contributed by atoms with Gasteiger partial charge in [-0.15, -0.1) is 0 Å². The molecule has 0 spiro atoms. The molecule has 1 saturated heterocycles. The minimum atomic E-state index is -0.437. The maximum absolute atomic E-state index is 12.8. The van der Waals surface area contributed by atoms with Gasteiger partial charge in [-0.3, -0.25) is 4.90 Å². The summed E-state index contributed by atoms with van der Waals surface area (Å²) in [6.07, 6.45) is 14.1. The van der Waals surface area contributed by atoms with Gasteiger partial charge in [0, 0.05) is 6.54 Å². The van der Waals surface area contributed by atoms with Crippen molar-refractivity contribution in [1.29, 1.82) is 0 Å². The van der Waals surface area contributed by atoms with E-state index in [-0.39, 0.29) is 11.6 Å². The number of rotatable bonds is 3. The van der Waals surface area contributed by atoms with Gasteiger partial charge in [-0.1, -0.05) is 31.6 Å². The van der Waals surface area contributed by atoms with Crippen LogP contribution < -0.4 is 0 Å². The minimum absolute atomic E-state index is 0.125. The third kappa shape index (κ3) is 3.74. The van der Waals surface area contributed by atoms with Crippen LogP contribution in [0.5, 0.6) is 0 Å².